The Bertz CT molecular complexity index is 1080. The highest BCUT2D eigenvalue weighted by atomic mass is 19.4. The van der Waals surface area contributed by atoms with Gasteiger partial charge in [0.25, 0.3) is 11.8 Å². The first-order chi connectivity index (χ1) is 14.9. The van der Waals surface area contributed by atoms with Gasteiger partial charge < -0.3 is 14.2 Å². The monoisotopic (exact) mass is 431 g/mol. The van der Waals surface area contributed by atoms with Crippen LogP contribution in [0.4, 0.5) is 13.2 Å². The van der Waals surface area contributed by atoms with E-state index in [9.17, 15) is 18.0 Å². The van der Waals surface area contributed by atoms with Crippen molar-refractivity contribution in [2.45, 2.75) is 24.9 Å². The summed E-state index contributed by atoms with van der Waals surface area (Å²) in [5, 5.41) is 4.08. The highest BCUT2D eigenvalue weighted by Gasteiger charge is 2.33. The Hall–Kier alpha value is -3.36. The van der Waals surface area contributed by atoms with E-state index < -0.39 is 17.6 Å². The van der Waals surface area contributed by atoms with E-state index >= 15 is 0 Å². The number of amides is 1. The smallest absolute Gasteiger partial charge is 0.416 e. The summed E-state index contributed by atoms with van der Waals surface area (Å²) >= 11 is 0. The van der Waals surface area contributed by atoms with E-state index in [0.717, 1.165) is 18.6 Å². The molecule has 1 saturated heterocycles. The fraction of sp³-hybridized carbons (Fsp3) is 0.318. The topological polar surface area (TPSA) is 68.5 Å². The fourth-order valence-electron chi connectivity index (χ4n) is 3.71. The molecule has 0 bridgehead atoms. The molecular formula is C22H20F3N3O3. The van der Waals surface area contributed by atoms with Crippen molar-refractivity contribution >= 4 is 5.91 Å². The lowest BCUT2D eigenvalue weighted by molar-refractivity contribution is -0.137. The summed E-state index contributed by atoms with van der Waals surface area (Å²) in [6.45, 7) is 0.767. The van der Waals surface area contributed by atoms with Crippen LogP contribution in [0.15, 0.2) is 53.1 Å². The van der Waals surface area contributed by atoms with E-state index in [1.54, 1.807) is 24.1 Å². The van der Waals surface area contributed by atoms with Gasteiger partial charge in [0.2, 0.25) is 0 Å². The van der Waals surface area contributed by atoms with Gasteiger partial charge in [-0.2, -0.15) is 18.2 Å². The third kappa shape index (κ3) is 4.40. The van der Waals surface area contributed by atoms with Crippen molar-refractivity contribution in [1.82, 2.24) is 15.0 Å². The van der Waals surface area contributed by atoms with Crippen LogP contribution in [0.1, 0.15) is 40.5 Å². The molecule has 2 aromatic carbocycles. The van der Waals surface area contributed by atoms with Gasteiger partial charge in [0.05, 0.1) is 18.2 Å². The lowest BCUT2D eigenvalue weighted by atomic mass is 9.96. The van der Waals surface area contributed by atoms with E-state index in [4.69, 9.17) is 9.26 Å². The number of methoxy groups -OCH3 is 1. The Balaban J connectivity index is 1.52. The normalized spacial score (nSPS) is 16.9. The van der Waals surface area contributed by atoms with Gasteiger partial charge in [0, 0.05) is 24.6 Å². The molecule has 2 heterocycles. The average Bonchev–Trinajstić information content (AvgIpc) is 3.28. The molecule has 9 heteroatoms. The predicted molar refractivity (Wildman–Crippen MR) is 106 cm³/mol. The zero-order valence-electron chi connectivity index (χ0n) is 16.7. The summed E-state index contributed by atoms with van der Waals surface area (Å²) in [7, 11) is 1.55. The van der Waals surface area contributed by atoms with Crippen molar-refractivity contribution in [1.29, 1.82) is 0 Å². The molecule has 1 atom stereocenters. The summed E-state index contributed by atoms with van der Waals surface area (Å²) in [5.41, 5.74) is -0.165. The third-order valence-electron chi connectivity index (χ3n) is 5.29. The Morgan fingerprint density at radius 3 is 2.77 bits per heavy atom. The van der Waals surface area contributed by atoms with Gasteiger partial charge in [-0.1, -0.05) is 23.4 Å². The van der Waals surface area contributed by atoms with Crippen molar-refractivity contribution in [3.05, 3.63) is 65.5 Å². The molecule has 3 aromatic rings. The fourth-order valence-corrected chi connectivity index (χ4v) is 3.71. The van der Waals surface area contributed by atoms with Gasteiger partial charge in [-0.3, -0.25) is 4.79 Å². The number of piperidine rings is 1. The first-order valence-corrected chi connectivity index (χ1v) is 9.80. The van der Waals surface area contributed by atoms with Crippen molar-refractivity contribution in [2.75, 3.05) is 20.2 Å². The van der Waals surface area contributed by atoms with E-state index in [1.165, 1.54) is 12.1 Å². The average molecular weight is 431 g/mol. The Morgan fingerprint density at radius 2 is 2.00 bits per heavy atom. The first-order valence-electron chi connectivity index (χ1n) is 9.80. The number of hydrogen-bond acceptors (Lipinski definition) is 5. The number of nitrogens with zero attached hydrogens (tertiary/aromatic N) is 3. The summed E-state index contributed by atoms with van der Waals surface area (Å²) in [5.74, 6) is 0.763. The van der Waals surface area contributed by atoms with Crippen molar-refractivity contribution in [3.8, 4) is 17.2 Å². The minimum absolute atomic E-state index is 0.0123. The highest BCUT2D eigenvalue weighted by molar-refractivity contribution is 5.94. The number of aromatic nitrogens is 2. The van der Waals surface area contributed by atoms with E-state index in [0.29, 0.717) is 42.5 Å². The molecule has 0 radical (unpaired) electrons. The van der Waals surface area contributed by atoms with Gasteiger partial charge in [-0.25, -0.2) is 0 Å². The van der Waals surface area contributed by atoms with Crippen LogP contribution >= 0.6 is 0 Å². The predicted octanol–water partition coefficient (Wildman–Crippen LogP) is 4.78. The number of ether oxygens (including phenoxy) is 1. The van der Waals surface area contributed by atoms with Crippen molar-refractivity contribution < 1.29 is 27.2 Å². The number of benzene rings is 2. The van der Waals surface area contributed by atoms with Crippen LogP contribution in [-0.2, 0) is 6.18 Å². The molecule has 1 fully saturated rings. The van der Waals surface area contributed by atoms with Crippen LogP contribution < -0.4 is 4.74 Å². The largest absolute Gasteiger partial charge is 0.496 e. The molecular weight excluding hydrogens is 411 g/mol. The first kappa shape index (κ1) is 20.9. The molecule has 4 rings (SSSR count). The minimum Gasteiger partial charge on any atom is -0.496 e. The highest BCUT2D eigenvalue weighted by Crippen LogP contribution is 2.33. The summed E-state index contributed by atoms with van der Waals surface area (Å²) in [6.07, 6.45) is -3.06. The molecule has 0 spiro atoms. The molecule has 1 aliphatic rings. The number of halogens is 3. The van der Waals surface area contributed by atoms with Crippen LogP contribution in [0.5, 0.6) is 5.75 Å². The van der Waals surface area contributed by atoms with Gasteiger partial charge in [0.15, 0.2) is 5.82 Å². The van der Waals surface area contributed by atoms with Gasteiger partial charge in [-0.15, -0.1) is 0 Å². The maximum absolute atomic E-state index is 13.0. The standard InChI is InChI=1S/C22H20F3N3O3/c1-30-18-10-3-2-9-17(18)20-26-19(27-31-20)15-7-5-11-28(13-15)21(29)14-6-4-8-16(12-14)22(23,24)25/h2-4,6,8-10,12,15H,5,7,11,13H2,1H3/t15-/m1/s1. The molecule has 1 amide bonds. The Morgan fingerprint density at radius 1 is 1.19 bits per heavy atom. The molecule has 0 aliphatic carbocycles. The number of rotatable bonds is 4. The quantitative estimate of drug-likeness (QED) is 0.595. The second kappa shape index (κ2) is 8.41. The van der Waals surface area contributed by atoms with Crippen LogP contribution in [0, 0.1) is 0 Å². The van der Waals surface area contributed by atoms with E-state index in [-0.39, 0.29) is 11.5 Å². The summed E-state index contributed by atoms with van der Waals surface area (Å²) in [6, 6.07) is 11.7. The number of alkyl halides is 3. The van der Waals surface area contributed by atoms with Crippen molar-refractivity contribution in [2.24, 2.45) is 0 Å². The third-order valence-corrected chi connectivity index (χ3v) is 5.29. The number of hydrogen-bond donors (Lipinski definition) is 0. The number of likely N-dealkylation sites (tertiary alicyclic amines) is 1. The number of para-hydroxylation sites is 1. The number of carbonyl (C=O) groups excluding carboxylic acids is 1. The maximum atomic E-state index is 13.0. The SMILES string of the molecule is COc1ccccc1-c1nc([C@@H]2CCCN(C(=O)c3cccc(C(F)(F)F)c3)C2)no1. The lowest BCUT2D eigenvalue weighted by Gasteiger charge is -2.31. The number of carbonyl (C=O) groups is 1. The van der Waals surface area contributed by atoms with E-state index in [2.05, 4.69) is 10.1 Å². The van der Waals surface area contributed by atoms with Crippen LogP contribution in [0.2, 0.25) is 0 Å². The Kier molecular flexibility index (Phi) is 5.67. The van der Waals surface area contributed by atoms with Gasteiger partial charge in [0.1, 0.15) is 5.75 Å². The molecule has 162 valence electrons. The zero-order valence-corrected chi connectivity index (χ0v) is 16.7. The summed E-state index contributed by atoms with van der Waals surface area (Å²) < 4.78 is 49.7. The van der Waals surface area contributed by atoms with Crippen LogP contribution in [0.25, 0.3) is 11.5 Å². The van der Waals surface area contributed by atoms with Crippen molar-refractivity contribution in [3.63, 3.8) is 0 Å². The maximum Gasteiger partial charge on any atom is 0.416 e. The molecule has 1 aliphatic heterocycles. The second-order valence-electron chi connectivity index (χ2n) is 7.33. The van der Waals surface area contributed by atoms with Gasteiger partial charge >= 0.3 is 6.18 Å². The minimum atomic E-state index is -4.50. The molecule has 0 unspecified atom stereocenters. The molecule has 1 aromatic heterocycles. The zero-order chi connectivity index (χ0) is 22.0. The lowest BCUT2D eigenvalue weighted by Crippen LogP contribution is -2.39. The Labute approximate surface area is 176 Å². The molecule has 6 nitrogen and oxygen atoms in total. The molecule has 0 saturated carbocycles. The van der Waals surface area contributed by atoms with Crippen LogP contribution in [-0.4, -0.2) is 41.1 Å². The molecule has 31 heavy (non-hydrogen) atoms. The second-order valence-corrected chi connectivity index (χ2v) is 7.33. The van der Waals surface area contributed by atoms with Crippen LogP contribution in [0.3, 0.4) is 0 Å². The van der Waals surface area contributed by atoms with Gasteiger partial charge in [-0.05, 0) is 43.2 Å². The summed E-state index contributed by atoms with van der Waals surface area (Å²) in [4.78, 5) is 18.9. The molecule has 0 N–H and O–H groups in total. The van der Waals surface area contributed by atoms with E-state index in [1.807, 2.05) is 12.1 Å².